The third-order valence-electron chi connectivity index (χ3n) is 7.91. The number of pyridine rings is 1. The summed E-state index contributed by atoms with van der Waals surface area (Å²) in [5.41, 5.74) is 4.95. The van der Waals surface area contributed by atoms with Crippen molar-refractivity contribution in [1.29, 1.82) is 0 Å². The number of benzene rings is 1. The van der Waals surface area contributed by atoms with Crippen molar-refractivity contribution in [1.82, 2.24) is 26.1 Å². The highest BCUT2D eigenvalue weighted by atomic mass is 16.5. The largest absolute Gasteiger partial charge is 0.455 e. The second kappa shape index (κ2) is 13.2. The van der Waals surface area contributed by atoms with Crippen LogP contribution in [0.2, 0.25) is 0 Å². The number of hydrogen-bond donors (Lipinski definition) is 3. The lowest BCUT2D eigenvalue weighted by atomic mass is 9.89. The number of cyclic esters (lactones) is 1. The molecule has 3 heterocycles. The average molecular weight is 594 g/mol. The Bertz CT molecular complexity index is 1420. The van der Waals surface area contributed by atoms with E-state index in [1.165, 1.54) is 5.01 Å². The van der Waals surface area contributed by atoms with Crippen LogP contribution < -0.4 is 16.1 Å². The first-order chi connectivity index (χ1) is 20.3. The van der Waals surface area contributed by atoms with Crippen LogP contribution in [0.4, 0.5) is 0 Å². The van der Waals surface area contributed by atoms with Crippen LogP contribution in [0.15, 0.2) is 30.3 Å². The van der Waals surface area contributed by atoms with Crippen molar-refractivity contribution < 1.29 is 28.7 Å². The van der Waals surface area contributed by atoms with Gasteiger partial charge < -0.3 is 20.1 Å². The molecule has 1 unspecified atom stereocenters. The van der Waals surface area contributed by atoms with Crippen LogP contribution in [0.25, 0.3) is 17.0 Å². The third-order valence-corrected chi connectivity index (χ3v) is 7.91. The summed E-state index contributed by atoms with van der Waals surface area (Å²) in [5, 5.41) is 7.88. The summed E-state index contributed by atoms with van der Waals surface area (Å²) in [6, 6.07) is 5.28. The Kier molecular flexibility index (Phi) is 9.86. The molecular weight excluding hydrogens is 550 g/mol. The van der Waals surface area contributed by atoms with E-state index in [4.69, 9.17) is 14.5 Å². The van der Waals surface area contributed by atoms with Gasteiger partial charge in [0.1, 0.15) is 24.2 Å². The van der Waals surface area contributed by atoms with Gasteiger partial charge in [0.2, 0.25) is 11.8 Å². The Hall–Kier alpha value is -3.83. The molecule has 1 aromatic heterocycles. The predicted octanol–water partition coefficient (Wildman–Crippen LogP) is 3.18. The Balaban J connectivity index is 1.76. The quantitative estimate of drug-likeness (QED) is 0.462. The first-order valence-electron chi connectivity index (χ1n) is 14.8. The van der Waals surface area contributed by atoms with E-state index in [2.05, 4.69) is 16.1 Å². The van der Waals surface area contributed by atoms with E-state index in [9.17, 15) is 19.2 Å². The maximum atomic E-state index is 13.4. The van der Waals surface area contributed by atoms with E-state index >= 15 is 0 Å². The highest BCUT2D eigenvalue weighted by molar-refractivity contribution is 5.94. The molecule has 3 N–H and O–H groups in total. The standard InChI is InChI=1S/C32H43N5O6/c1-18(2)26-28(38)33-19(3)29(39)37-14-8-9-24(36-37)30(40)43-20(4)27-23(17-42-7)16-22-11-10-21(15-25(22)34-27)12-13-32(5,6)31(41)35-26/h10-13,15-16,18-20,24,26,36H,8-9,14,17H2,1-7H3,(H,33,38)(H,35,41)/b13-12+/t19-,20+,24-,26?/m0/s1. The van der Waals surface area contributed by atoms with E-state index in [-0.39, 0.29) is 18.4 Å². The summed E-state index contributed by atoms with van der Waals surface area (Å²) in [6.07, 6.45) is 4.01. The van der Waals surface area contributed by atoms with Gasteiger partial charge in [0.05, 0.1) is 23.2 Å². The van der Waals surface area contributed by atoms with Gasteiger partial charge in [0.15, 0.2) is 0 Å². The SMILES string of the molecule is COCc1cc2ccc3cc2nc1[C@@H](C)OC(=O)[C@@H]1CCCN(N1)C(=O)[C@H](C)NC(=O)C(C(C)C)NC(=O)C(C)(C)/C=C/3. The summed E-state index contributed by atoms with van der Waals surface area (Å²) in [5.74, 6) is -1.90. The molecule has 1 saturated heterocycles. The number of ether oxygens (including phenoxy) is 2. The van der Waals surface area contributed by atoms with Crippen molar-refractivity contribution in [2.45, 2.75) is 85.2 Å². The van der Waals surface area contributed by atoms with Crippen LogP contribution in [0.5, 0.6) is 0 Å². The van der Waals surface area contributed by atoms with E-state index in [1.807, 2.05) is 44.2 Å². The van der Waals surface area contributed by atoms with Crippen LogP contribution in [0.3, 0.4) is 0 Å². The van der Waals surface area contributed by atoms with Gasteiger partial charge in [-0.05, 0) is 64.2 Å². The number of hydrazine groups is 1. The number of rotatable bonds is 3. The van der Waals surface area contributed by atoms with Crippen molar-refractivity contribution in [3.8, 4) is 0 Å². The maximum absolute atomic E-state index is 13.4. The summed E-state index contributed by atoms with van der Waals surface area (Å²) >= 11 is 0. The molecule has 2 aliphatic heterocycles. The number of esters is 1. The molecule has 0 saturated carbocycles. The summed E-state index contributed by atoms with van der Waals surface area (Å²) < 4.78 is 11.3. The van der Waals surface area contributed by atoms with Gasteiger partial charge in [-0.2, -0.15) is 0 Å². The Morgan fingerprint density at radius 1 is 1.12 bits per heavy atom. The molecule has 232 valence electrons. The summed E-state index contributed by atoms with van der Waals surface area (Å²) in [6.45, 7) is 11.2. The highest BCUT2D eigenvalue weighted by Crippen LogP contribution is 2.28. The molecule has 0 aliphatic carbocycles. The fourth-order valence-corrected chi connectivity index (χ4v) is 5.24. The fourth-order valence-electron chi connectivity index (χ4n) is 5.24. The number of nitrogens with zero attached hydrogens (tertiary/aromatic N) is 2. The van der Waals surface area contributed by atoms with Gasteiger partial charge >= 0.3 is 5.97 Å². The average Bonchev–Trinajstić information content (AvgIpc) is 2.97. The Labute approximate surface area is 252 Å². The molecule has 4 rings (SSSR count). The molecule has 2 aliphatic rings. The molecule has 1 fully saturated rings. The first kappa shape index (κ1) is 32.1. The molecule has 0 spiro atoms. The maximum Gasteiger partial charge on any atom is 0.325 e. The fraction of sp³-hybridized carbons (Fsp3) is 0.531. The minimum absolute atomic E-state index is 0.231. The van der Waals surface area contributed by atoms with Crippen molar-refractivity contribution >= 4 is 40.7 Å². The molecule has 0 radical (unpaired) electrons. The Morgan fingerprint density at radius 3 is 2.56 bits per heavy atom. The molecule has 11 heteroatoms. The highest BCUT2D eigenvalue weighted by Gasteiger charge is 2.35. The van der Waals surface area contributed by atoms with Gasteiger partial charge in [0.25, 0.3) is 5.91 Å². The van der Waals surface area contributed by atoms with Crippen molar-refractivity contribution in [3.05, 3.63) is 47.2 Å². The number of carbonyl (C=O) groups is 4. The number of nitrogens with one attached hydrogen (secondary N) is 3. The molecule has 4 atom stereocenters. The molecular formula is C32H43N5O6. The topological polar surface area (TPSA) is 139 Å². The lowest BCUT2D eigenvalue weighted by molar-refractivity contribution is -0.157. The summed E-state index contributed by atoms with van der Waals surface area (Å²) in [4.78, 5) is 58.1. The van der Waals surface area contributed by atoms with Crippen LogP contribution in [-0.2, 0) is 35.3 Å². The third kappa shape index (κ3) is 7.40. The van der Waals surface area contributed by atoms with Crippen molar-refractivity contribution in [2.24, 2.45) is 11.3 Å². The zero-order valence-electron chi connectivity index (χ0n) is 26.0. The van der Waals surface area contributed by atoms with E-state index < -0.39 is 47.4 Å². The smallest absolute Gasteiger partial charge is 0.325 e. The second-order valence-corrected chi connectivity index (χ2v) is 12.3. The number of carbonyl (C=O) groups excluding carboxylic acids is 4. The molecule has 43 heavy (non-hydrogen) atoms. The number of amides is 3. The van der Waals surface area contributed by atoms with Gasteiger partial charge in [-0.25, -0.2) is 10.4 Å². The monoisotopic (exact) mass is 593 g/mol. The molecule has 2 aromatic rings. The number of methoxy groups -OCH3 is 1. The van der Waals surface area contributed by atoms with Crippen molar-refractivity contribution in [2.75, 3.05) is 13.7 Å². The van der Waals surface area contributed by atoms with Crippen LogP contribution in [-0.4, -0.2) is 65.5 Å². The first-order valence-corrected chi connectivity index (χ1v) is 14.8. The van der Waals surface area contributed by atoms with E-state index in [0.717, 1.165) is 16.5 Å². The van der Waals surface area contributed by atoms with Crippen molar-refractivity contribution in [3.63, 3.8) is 0 Å². The zero-order chi connectivity index (χ0) is 31.5. The zero-order valence-corrected chi connectivity index (χ0v) is 26.0. The van der Waals surface area contributed by atoms with Crippen LogP contribution >= 0.6 is 0 Å². The number of hydrogen-bond acceptors (Lipinski definition) is 8. The number of fused-ring (bicyclic) bond motifs is 4. The molecule has 3 amide bonds. The number of aromatic nitrogens is 1. The normalized spacial score (nSPS) is 26.2. The van der Waals surface area contributed by atoms with Gasteiger partial charge in [0, 0.05) is 24.6 Å². The minimum Gasteiger partial charge on any atom is -0.455 e. The molecule has 1 aromatic carbocycles. The minimum atomic E-state index is -0.946. The second-order valence-electron chi connectivity index (χ2n) is 12.3. The lowest BCUT2D eigenvalue weighted by Crippen LogP contribution is -2.61. The van der Waals surface area contributed by atoms with Gasteiger partial charge in [-0.1, -0.05) is 38.1 Å². The van der Waals surface area contributed by atoms with Crippen LogP contribution in [0, 0.1) is 11.3 Å². The Morgan fingerprint density at radius 2 is 1.86 bits per heavy atom. The van der Waals surface area contributed by atoms with Gasteiger partial charge in [-0.3, -0.25) is 24.2 Å². The summed E-state index contributed by atoms with van der Waals surface area (Å²) in [7, 11) is 1.60. The van der Waals surface area contributed by atoms with E-state index in [1.54, 1.807) is 40.9 Å². The lowest BCUT2D eigenvalue weighted by Gasteiger charge is -2.35. The van der Waals surface area contributed by atoms with Gasteiger partial charge in [-0.15, -0.1) is 0 Å². The van der Waals surface area contributed by atoms with Crippen LogP contribution in [0.1, 0.15) is 77.3 Å². The van der Waals surface area contributed by atoms with E-state index in [0.29, 0.717) is 30.6 Å². The molecule has 5 bridgehead atoms. The molecule has 11 nitrogen and oxygen atoms in total. The predicted molar refractivity (Wildman–Crippen MR) is 162 cm³/mol.